The van der Waals surface area contributed by atoms with E-state index in [1.807, 2.05) is 0 Å². The molecule has 2 atom stereocenters. The van der Waals surface area contributed by atoms with Gasteiger partial charge >= 0.3 is 5.97 Å². The van der Waals surface area contributed by atoms with Crippen molar-refractivity contribution in [3.8, 4) is 5.88 Å². The molecule has 0 spiro atoms. The maximum Gasteiger partial charge on any atom is 0.339 e. The molecule has 0 radical (unpaired) electrons. The molecule has 19 heavy (non-hydrogen) atoms. The largest absolute Gasteiger partial charge is 0.474 e. The van der Waals surface area contributed by atoms with Gasteiger partial charge in [0.2, 0.25) is 5.88 Å². The Morgan fingerprint density at radius 1 is 1.47 bits per heavy atom. The Hall–Kier alpha value is -1.62. The van der Waals surface area contributed by atoms with Crippen molar-refractivity contribution in [2.75, 3.05) is 13.2 Å². The molecular formula is C14H20N2O3. The van der Waals surface area contributed by atoms with Crippen LogP contribution in [-0.2, 0) is 4.74 Å². The average molecular weight is 264 g/mol. The van der Waals surface area contributed by atoms with Crippen molar-refractivity contribution in [2.24, 2.45) is 11.7 Å². The maximum atomic E-state index is 11.5. The van der Waals surface area contributed by atoms with Crippen LogP contribution >= 0.6 is 0 Å². The summed E-state index contributed by atoms with van der Waals surface area (Å²) in [6.45, 7) is 2.78. The second-order valence-electron chi connectivity index (χ2n) is 4.69. The van der Waals surface area contributed by atoms with Crippen molar-refractivity contribution in [3.63, 3.8) is 0 Å². The summed E-state index contributed by atoms with van der Waals surface area (Å²) in [5.41, 5.74) is 6.15. The van der Waals surface area contributed by atoms with E-state index in [9.17, 15) is 4.79 Å². The van der Waals surface area contributed by atoms with Crippen molar-refractivity contribution in [1.82, 2.24) is 4.98 Å². The van der Waals surface area contributed by atoms with Gasteiger partial charge in [-0.05, 0) is 38.8 Å². The number of ether oxygens (including phenoxy) is 2. The van der Waals surface area contributed by atoms with E-state index in [4.69, 9.17) is 15.2 Å². The van der Waals surface area contributed by atoms with Gasteiger partial charge in [0.05, 0.1) is 12.2 Å². The molecule has 1 heterocycles. The minimum atomic E-state index is -0.359. The molecular weight excluding hydrogens is 244 g/mol. The predicted molar refractivity (Wildman–Crippen MR) is 71.0 cm³/mol. The van der Waals surface area contributed by atoms with Gasteiger partial charge in [0.25, 0.3) is 0 Å². The molecule has 0 bridgehead atoms. The van der Waals surface area contributed by atoms with Gasteiger partial charge in [-0.25, -0.2) is 9.78 Å². The maximum absolute atomic E-state index is 11.5. The van der Waals surface area contributed by atoms with Crippen LogP contribution in [-0.4, -0.2) is 30.2 Å². The third-order valence-electron chi connectivity index (χ3n) is 3.41. The summed E-state index contributed by atoms with van der Waals surface area (Å²) in [6.07, 6.45) is 4.91. The minimum Gasteiger partial charge on any atom is -0.474 e. The van der Waals surface area contributed by atoms with E-state index in [2.05, 4.69) is 4.98 Å². The predicted octanol–water partition coefficient (Wildman–Crippen LogP) is 1.76. The van der Waals surface area contributed by atoms with Crippen LogP contribution in [0.5, 0.6) is 5.88 Å². The molecule has 1 saturated carbocycles. The summed E-state index contributed by atoms with van der Waals surface area (Å²) < 4.78 is 10.7. The lowest BCUT2D eigenvalue weighted by atomic mass is 10.1. The lowest BCUT2D eigenvalue weighted by Gasteiger charge is -2.19. The fourth-order valence-electron chi connectivity index (χ4n) is 2.37. The Balaban J connectivity index is 1.97. The summed E-state index contributed by atoms with van der Waals surface area (Å²) in [4.78, 5) is 15.6. The fourth-order valence-corrected chi connectivity index (χ4v) is 2.37. The smallest absolute Gasteiger partial charge is 0.339 e. The van der Waals surface area contributed by atoms with E-state index in [0.717, 1.165) is 19.3 Å². The first-order valence-electron chi connectivity index (χ1n) is 6.74. The molecule has 104 valence electrons. The van der Waals surface area contributed by atoms with Crippen LogP contribution in [0.15, 0.2) is 18.3 Å². The third kappa shape index (κ3) is 3.44. The monoisotopic (exact) mass is 264 g/mol. The topological polar surface area (TPSA) is 74.4 Å². The Bertz CT molecular complexity index is 419. The van der Waals surface area contributed by atoms with Gasteiger partial charge in [-0.1, -0.05) is 0 Å². The standard InChI is InChI=1S/C14H20N2O3/c1-2-18-14(17)11-6-7-13(16-9-11)19-12-5-3-4-10(12)8-15/h6-7,9-10,12H,2-5,8,15H2,1H3. The number of aromatic nitrogens is 1. The lowest BCUT2D eigenvalue weighted by Crippen LogP contribution is -2.27. The number of esters is 1. The summed E-state index contributed by atoms with van der Waals surface area (Å²) in [7, 11) is 0. The normalized spacial score (nSPS) is 22.2. The number of pyridine rings is 1. The van der Waals surface area contributed by atoms with E-state index in [-0.39, 0.29) is 12.1 Å². The van der Waals surface area contributed by atoms with Gasteiger partial charge in [0, 0.05) is 18.2 Å². The second kappa shape index (κ2) is 6.52. The third-order valence-corrected chi connectivity index (χ3v) is 3.41. The molecule has 0 saturated heterocycles. The molecule has 5 heteroatoms. The van der Waals surface area contributed by atoms with Crippen LogP contribution in [0.1, 0.15) is 36.5 Å². The summed E-state index contributed by atoms with van der Waals surface area (Å²) in [5.74, 6) is 0.590. The van der Waals surface area contributed by atoms with Crippen LogP contribution in [0, 0.1) is 5.92 Å². The van der Waals surface area contributed by atoms with Gasteiger partial charge in [0.1, 0.15) is 6.10 Å². The van der Waals surface area contributed by atoms with Gasteiger partial charge in [-0.2, -0.15) is 0 Å². The molecule has 1 aliphatic carbocycles. The van der Waals surface area contributed by atoms with Gasteiger partial charge in [-0.3, -0.25) is 0 Å². The highest BCUT2D eigenvalue weighted by molar-refractivity contribution is 5.89. The van der Waals surface area contributed by atoms with Crippen molar-refractivity contribution in [3.05, 3.63) is 23.9 Å². The SMILES string of the molecule is CCOC(=O)c1ccc(OC2CCCC2CN)nc1. The van der Waals surface area contributed by atoms with Crippen LogP contribution in [0.25, 0.3) is 0 Å². The Morgan fingerprint density at radius 2 is 2.32 bits per heavy atom. The molecule has 0 aliphatic heterocycles. The number of nitrogens with two attached hydrogens (primary N) is 1. The average Bonchev–Trinajstić information content (AvgIpc) is 2.87. The summed E-state index contributed by atoms with van der Waals surface area (Å²) in [5, 5.41) is 0. The number of nitrogens with zero attached hydrogens (tertiary/aromatic N) is 1. The molecule has 1 aromatic rings. The van der Waals surface area contributed by atoms with E-state index in [1.54, 1.807) is 19.1 Å². The Morgan fingerprint density at radius 3 is 2.95 bits per heavy atom. The van der Waals surface area contributed by atoms with Crippen LogP contribution in [0.4, 0.5) is 0 Å². The molecule has 5 nitrogen and oxygen atoms in total. The summed E-state index contributed by atoms with van der Waals surface area (Å²) >= 11 is 0. The van der Waals surface area contributed by atoms with E-state index < -0.39 is 0 Å². The van der Waals surface area contributed by atoms with Crippen LogP contribution in [0.3, 0.4) is 0 Å². The van der Waals surface area contributed by atoms with E-state index in [0.29, 0.717) is 30.5 Å². The highest BCUT2D eigenvalue weighted by atomic mass is 16.5. The van der Waals surface area contributed by atoms with Gasteiger partial charge < -0.3 is 15.2 Å². The zero-order chi connectivity index (χ0) is 13.7. The molecule has 2 N–H and O–H groups in total. The zero-order valence-electron chi connectivity index (χ0n) is 11.2. The lowest BCUT2D eigenvalue weighted by molar-refractivity contribution is 0.0525. The quantitative estimate of drug-likeness (QED) is 0.820. The molecule has 1 aromatic heterocycles. The first-order chi connectivity index (χ1) is 9.24. The molecule has 1 aliphatic rings. The number of hydrogen-bond donors (Lipinski definition) is 1. The molecule has 0 aromatic carbocycles. The van der Waals surface area contributed by atoms with E-state index >= 15 is 0 Å². The van der Waals surface area contributed by atoms with Crippen LogP contribution in [0.2, 0.25) is 0 Å². The number of carbonyl (C=O) groups excluding carboxylic acids is 1. The Labute approximate surface area is 113 Å². The van der Waals surface area contributed by atoms with Gasteiger partial charge in [0.15, 0.2) is 0 Å². The molecule has 2 unspecified atom stereocenters. The number of rotatable bonds is 5. The second-order valence-corrected chi connectivity index (χ2v) is 4.69. The van der Waals surface area contributed by atoms with Crippen molar-refractivity contribution in [2.45, 2.75) is 32.3 Å². The van der Waals surface area contributed by atoms with Gasteiger partial charge in [-0.15, -0.1) is 0 Å². The number of carbonyl (C=O) groups is 1. The molecule has 1 fully saturated rings. The van der Waals surface area contributed by atoms with Crippen molar-refractivity contribution < 1.29 is 14.3 Å². The first-order valence-corrected chi connectivity index (χ1v) is 6.74. The minimum absolute atomic E-state index is 0.144. The van der Waals surface area contributed by atoms with Crippen LogP contribution < -0.4 is 10.5 Å². The zero-order valence-corrected chi connectivity index (χ0v) is 11.2. The van der Waals surface area contributed by atoms with Crippen molar-refractivity contribution >= 4 is 5.97 Å². The Kier molecular flexibility index (Phi) is 4.74. The first kappa shape index (κ1) is 13.8. The van der Waals surface area contributed by atoms with E-state index in [1.165, 1.54) is 6.20 Å². The summed E-state index contributed by atoms with van der Waals surface area (Å²) in [6, 6.07) is 3.38. The van der Waals surface area contributed by atoms with Crippen molar-refractivity contribution in [1.29, 1.82) is 0 Å². The highest BCUT2D eigenvalue weighted by Crippen LogP contribution is 2.28. The molecule has 2 rings (SSSR count). The fraction of sp³-hybridized carbons (Fsp3) is 0.571. The number of hydrogen-bond acceptors (Lipinski definition) is 5. The highest BCUT2D eigenvalue weighted by Gasteiger charge is 2.28. The molecule has 0 amide bonds.